The van der Waals surface area contributed by atoms with Crippen LogP contribution in [-0.4, -0.2) is 234 Å². The summed E-state index contributed by atoms with van der Waals surface area (Å²) in [5.41, 5.74) is 2.63. The van der Waals surface area contributed by atoms with Crippen LogP contribution in [0, 0.1) is 11.8 Å². The summed E-state index contributed by atoms with van der Waals surface area (Å²) < 4.78 is 101. The van der Waals surface area contributed by atoms with E-state index in [4.69, 9.17) is 73.9 Å². The Morgan fingerprint density at radius 1 is 0.523 bits per heavy atom. The molecule has 2 fully saturated rings. The number of benzene rings is 2. The second-order valence-electron chi connectivity index (χ2n) is 29.7. The number of anilines is 2. The van der Waals surface area contributed by atoms with Crippen LogP contribution in [0.5, 0.6) is 0 Å². The normalized spacial score (nSPS) is 19.2. The number of nitrogens with one attached hydrogen (secondary N) is 2. The highest BCUT2D eigenvalue weighted by atomic mass is 28.5. The van der Waals surface area contributed by atoms with E-state index >= 15 is 0 Å². The molecule has 2 aliphatic rings. The largest absolute Gasteiger partial charge is 0.492 e. The lowest BCUT2D eigenvalue weighted by Crippen LogP contribution is -2.62. The lowest BCUT2D eigenvalue weighted by molar-refractivity contribution is -0.320. The molecule has 8 atom stereocenters. The molecule has 602 valence electrons. The first-order chi connectivity index (χ1) is 51.3. The van der Waals surface area contributed by atoms with E-state index in [2.05, 4.69) is 114 Å². The van der Waals surface area contributed by atoms with Crippen molar-refractivity contribution < 1.29 is 113 Å². The number of amides is 2. The number of nitrogens with zero attached hydrogens (tertiary/aromatic N) is 8. The molecular weight excluding hydrogens is 1490 g/mol. The maximum atomic E-state index is 12.7. The lowest BCUT2D eigenvalue weighted by Gasteiger charge is -2.44. The second kappa shape index (κ2) is 40.2. The fraction of sp³-hybridized carbons (Fsp3) is 0.606. The van der Waals surface area contributed by atoms with E-state index in [1.54, 1.807) is 36.8 Å². The number of carbonyl (C=O) groups excluding carboxylic acids is 6. The summed E-state index contributed by atoms with van der Waals surface area (Å²) in [5.74, 6) is -2.70. The molecule has 2 aromatic carbocycles. The number of aliphatic hydroxyl groups is 2. The van der Waals surface area contributed by atoms with Crippen LogP contribution >= 0.6 is 0 Å². The number of imidazole rings is 2. The highest BCUT2D eigenvalue weighted by molar-refractivity contribution is 6.86. The van der Waals surface area contributed by atoms with Gasteiger partial charge in [0.25, 0.3) is 13.0 Å². The van der Waals surface area contributed by atoms with Crippen LogP contribution < -0.4 is 10.6 Å². The van der Waals surface area contributed by atoms with Crippen molar-refractivity contribution in [1.82, 2.24) is 39.0 Å². The minimum absolute atomic E-state index is 0.0653. The number of aliphatic hydroxyl groups excluding tert-OH is 2. The fourth-order valence-corrected chi connectivity index (χ4v) is 22.8. The third-order valence-corrected chi connectivity index (χ3v) is 30.5. The number of fused-ring (bicyclic) bond motifs is 2. The molecule has 0 spiro atoms. The number of carbonyl (C=O) groups is 6. The second-order valence-corrected chi connectivity index (χ2v) is 46.7. The van der Waals surface area contributed by atoms with E-state index in [9.17, 15) is 39.0 Å². The Hall–Kier alpha value is -7.33. The average Bonchev–Trinajstić information content (AvgIpc) is 1.67. The predicted octanol–water partition coefficient (Wildman–Crippen LogP) is 8.07. The number of aromatic nitrogens is 8. The van der Waals surface area contributed by atoms with Gasteiger partial charge in [0.05, 0.1) is 57.8 Å². The molecule has 2 saturated heterocycles. The number of hydrogen-bond donors (Lipinski definition) is 4. The van der Waals surface area contributed by atoms with E-state index < -0.39 is 132 Å². The van der Waals surface area contributed by atoms with Crippen LogP contribution in [0.1, 0.15) is 105 Å². The summed E-state index contributed by atoms with van der Waals surface area (Å²) in [6.07, 6.45) is -2.92. The van der Waals surface area contributed by atoms with Crippen molar-refractivity contribution in [2.45, 2.75) is 201 Å². The summed E-state index contributed by atoms with van der Waals surface area (Å²) in [7, 11) is -11.3. The van der Waals surface area contributed by atoms with E-state index in [0.29, 0.717) is 11.2 Å². The van der Waals surface area contributed by atoms with Gasteiger partial charge >= 0.3 is 32.7 Å². The van der Waals surface area contributed by atoms with Crippen molar-refractivity contribution in [3.63, 3.8) is 0 Å². The molecule has 6 heterocycles. The first-order valence-corrected chi connectivity index (χ1v) is 47.5. The third kappa shape index (κ3) is 25.9. The summed E-state index contributed by atoms with van der Waals surface area (Å²) in [5, 5.41) is 28.2. The van der Waals surface area contributed by atoms with Crippen molar-refractivity contribution in [2.75, 3.05) is 76.7 Å². The lowest BCUT2D eigenvalue weighted by atomic mass is 10.0. The average molecular weight is 1600 g/mol. The van der Waals surface area contributed by atoms with Crippen LogP contribution in [0.4, 0.5) is 11.6 Å². The van der Waals surface area contributed by atoms with Crippen LogP contribution in [-0.2, 0) is 103 Å². The highest BCUT2D eigenvalue weighted by Crippen LogP contribution is 2.45. The zero-order valence-corrected chi connectivity index (χ0v) is 69.6. The molecule has 34 nitrogen and oxygen atoms in total. The summed E-state index contributed by atoms with van der Waals surface area (Å²) >= 11 is 0. The Morgan fingerprint density at radius 3 is 1.26 bits per heavy atom. The van der Waals surface area contributed by atoms with Gasteiger partial charge in [-0.2, -0.15) is 0 Å². The monoisotopic (exact) mass is 1600 g/mol. The molecule has 2 aliphatic heterocycles. The minimum atomic E-state index is -3.88. The molecule has 4 N–H and O–H groups in total. The standard InChI is InChI=1S/C42H61N5O13Si3.C29H47N5O11Si/c1-28(2)40(51)46-38-34-39(44-26-43-38)47(27-45-34)41-36(58-42(54-23-21-52-29(3)48)55-24-22-53-30(4)49)35(50)33(57-41)25-56-63(59-61(5,6)7,60-62(8,9)10)37(31-17-13-11-14-18-31)32-19-15-12-16-20-32;1-17(2)26(38)33-24-21-25(31-15-30-24)34(16-32-21)27-23(22(20(14-35)43-27)45-46(8,9)29(5,6)7)44-28(41-12-10-39-18(3)36)42-13-11-40-19(4)37/h11-20,26-28,33,35-37,41-42,50H,21-25H2,1-10H3,(H,43,44,46,51);15-17,20,22-23,27-28,35H,10-14H2,1-9H3,(H,30,31,33,38)/t33-,35+,36?,41-;20-,22+,23?,27-/m11/s1. The SMILES string of the molecule is CC(=O)OCCOC(OCCOC(C)=O)OC1[C@@H](O)[C@@H](CO[Si](O[Si](C)(C)C)(O[Si](C)(C)C)C(c2ccccc2)c2ccccc2)O[C@H]1n1cnc2c(NC(=O)C(C)C)ncnc21.CC(=O)OCCOC(OCCOC(C)=O)OC1[C@@H](O[Si](C)(C)C(C)(C)C)[C@@H](CO)O[C@H]1n1cnc2c(NC(=O)C(C)C)ncnc21. The summed E-state index contributed by atoms with van der Waals surface area (Å²) in [4.78, 5) is 97.1. The quantitative estimate of drug-likeness (QED) is 0.00931. The zero-order chi connectivity index (χ0) is 80.2. The van der Waals surface area contributed by atoms with Gasteiger partial charge in [0.2, 0.25) is 11.8 Å². The van der Waals surface area contributed by atoms with Crippen molar-refractivity contribution in [2.24, 2.45) is 11.8 Å². The first-order valence-electron chi connectivity index (χ1n) is 36.0. The van der Waals surface area contributed by atoms with Gasteiger partial charge in [-0.3, -0.25) is 37.9 Å². The molecule has 0 saturated carbocycles. The molecule has 0 aliphatic carbocycles. The Balaban J connectivity index is 0.000000319. The van der Waals surface area contributed by atoms with E-state index in [-0.39, 0.29) is 111 Å². The Labute approximate surface area is 639 Å². The zero-order valence-electron chi connectivity index (χ0n) is 65.6. The van der Waals surface area contributed by atoms with Gasteiger partial charge in [-0.25, -0.2) is 29.9 Å². The van der Waals surface area contributed by atoms with Gasteiger partial charge in [0.15, 0.2) is 71.4 Å². The molecule has 109 heavy (non-hydrogen) atoms. The van der Waals surface area contributed by atoms with Crippen LogP contribution in [0.15, 0.2) is 86.0 Å². The number of hydrogen-bond acceptors (Lipinski definition) is 30. The van der Waals surface area contributed by atoms with E-state index in [1.807, 2.05) is 60.7 Å². The molecule has 2 unspecified atom stereocenters. The molecular formula is C71H108N10O24Si4. The van der Waals surface area contributed by atoms with Gasteiger partial charge in [-0.05, 0) is 68.5 Å². The van der Waals surface area contributed by atoms with Gasteiger partial charge in [-0.15, -0.1) is 0 Å². The number of ether oxygens (including phenoxy) is 12. The van der Waals surface area contributed by atoms with Gasteiger partial charge in [0.1, 0.15) is 75.7 Å². The molecule has 2 amide bonds. The predicted molar refractivity (Wildman–Crippen MR) is 404 cm³/mol. The Kier molecular flexibility index (Phi) is 32.8. The van der Waals surface area contributed by atoms with Gasteiger partial charge < -0.3 is 94.8 Å². The first kappa shape index (κ1) is 88.9. The number of rotatable bonds is 39. The maximum Gasteiger partial charge on any atom is 0.492 e. The van der Waals surface area contributed by atoms with E-state index in [0.717, 1.165) is 11.1 Å². The highest BCUT2D eigenvalue weighted by Gasteiger charge is 2.58. The Bertz CT molecular complexity index is 3820. The van der Waals surface area contributed by atoms with Crippen LogP contribution in [0.2, 0.25) is 57.4 Å². The summed E-state index contributed by atoms with van der Waals surface area (Å²) in [6.45, 7) is 30.8. The topological polar surface area (TPSA) is 402 Å². The third-order valence-electron chi connectivity index (χ3n) is 16.9. The van der Waals surface area contributed by atoms with Gasteiger partial charge in [-0.1, -0.05) is 109 Å². The Morgan fingerprint density at radius 2 is 0.899 bits per heavy atom. The molecule has 6 aromatic rings. The van der Waals surface area contributed by atoms with Crippen molar-refractivity contribution in [3.05, 3.63) is 97.1 Å². The molecule has 4 aromatic heterocycles. The van der Waals surface area contributed by atoms with Crippen LogP contribution in [0.3, 0.4) is 0 Å². The van der Waals surface area contributed by atoms with Gasteiger partial charge in [0, 0.05) is 39.5 Å². The van der Waals surface area contributed by atoms with Crippen LogP contribution in [0.25, 0.3) is 22.3 Å². The van der Waals surface area contributed by atoms with E-state index in [1.165, 1.54) is 53.0 Å². The molecule has 0 bridgehead atoms. The van der Waals surface area contributed by atoms with Crippen molar-refractivity contribution in [1.29, 1.82) is 0 Å². The molecule has 0 radical (unpaired) electrons. The van der Waals surface area contributed by atoms with Crippen molar-refractivity contribution in [3.8, 4) is 0 Å². The summed E-state index contributed by atoms with van der Waals surface area (Å²) in [6, 6.07) is 20.0. The maximum absolute atomic E-state index is 12.7. The molecule has 38 heteroatoms. The smallest absolute Gasteiger partial charge is 0.463 e. The minimum Gasteiger partial charge on any atom is -0.463 e. The fourth-order valence-electron chi connectivity index (χ4n) is 10.9. The molecule has 8 rings (SSSR count). The van der Waals surface area contributed by atoms with Crippen molar-refractivity contribution >= 4 is 103 Å². The number of esters is 4.